The van der Waals surface area contributed by atoms with Crippen LogP contribution in [0.15, 0.2) is 0 Å². The van der Waals surface area contributed by atoms with Crippen LogP contribution in [-0.4, -0.2) is 35.7 Å². The van der Waals surface area contributed by atoms with Crippen molar-refractivity contribution in [3.05, 3.63) is 0 Å². The summed E-state index contributed by atoms with van der Waals surface area (Å²) < 4.78 is 0. The average molecular weight is 229 g/mol. The number of carbonyl (C=O) groups is 1. The lowest BCUT2D eigenvalue weighted by Crippen LogP contribution is -2.52. The van der Waals surface area contributed by atoms with Crippen LogP contribution in [0.3, 0.4) is 0 Å². The number of hydrogen-bond donors (Lipinski definition) is 4. The van der Waals surface area contributed by atoms with Gasteiger partial charge in [0.15, 0.2) is 0 Å². The van der Waals surface area contributed by atoms with Crippen molar-refractivity contribution in [3.63, 3.8) is 0 Å². The molecule has 0 spiro atoms. The van der Waals surface area contributed by atoms with Crippen molar-refractivity contribution >= 4 is 5.91 Å². The molecule has 94 valence electrons. The second-order valence-electron chi connectivity index (χ2n) is 4.76. The molecule has 0 heterocycles. The fourth-order valence-corrected chi connectivity index (χ4v) is 2.25. The monoisotopic (exact) mass is 229 g/mol. The van der Waals surface area contributed by atoms with Crippen LogP contribution in [0.25, 0.3) is 0 Å². The van der Waals surface area contributed by atoms with Gasteiger partial charge in [-0.2, -0.15) is 0 Å². The summed E-state index contributed by atoms with van der Waals surface area (Å²) in [6.07, 6.45) is 2.18. The van der Waals surface area contributed by atoms with E-state index in [4.69, 9.17) is 11.5 Å². The number of aliphatic hydroxyl groups excluding tert-OH is 1. The predicted molar refractivity (Wildman–Crippen MR) is 62.6 cm³/mol. The third kappa shape index (κ3) is 3.73. The molecule has 5 heteroatoms. The molecule has 0 bridgehead atoms. The molecule has 0 aliphatic heterocycles. The molecule has 16 heavy (non-hydrogen) atoms. The molecule has 6 N–H and O–H groups in total. The Labute approximate surface area is 96.6 Å². The highest BCUT2D eigenvalue weighted by molar-refractivity contribution is 5.76. The predicted octanol–water partition coefficient (Wildman–Crippen LogP) is -0.672. The zero-order valence-electron chi connectivity index (χ0n) is 9.86. The van der Waals surface area contributed by atoms with Gasteiger partial charge in [-0.25, -0.2) is 0 Å². The van der Waals surface area contributed by atoms with E-state index in [1.807, 2.05) is 6.92 Å². The third-order valence-corrected chi connectivity index (χ3v) is 3.21. The van der Waals surface area contributed by atoms with Crippen LogP contribution < -0.4 is 16.8 Å². The second-order valence-corrected chi connectivity index (χ2v) is 4.76. The van der Waals surface area contributed by atoms with Gasteiger partial charge < -0.3 is 21.9 Å². The van der Waals surface area contributed by atoms with E-state index in [0.717, 1.165) is 6.42 Å². The van der Waals surface area contributed by atoms with Crippen LogP contribution in [0.5, 0.6) is 0 Å². The topological polar surface area (TPSA) is 101 Å². The SMILES string of the molecule is CC1CC(NC(=O)CCCN)CC(N)[C@H]1O. The van der Waals surface area contributed by atoms with Gasteiger partial charge in [0, 0.05) is 18.5 Å². The molecule has 3 unspecified atom stereocenters. The molecule has 1 aliphatic rings. The number of amides is 1. The molecule has 5 nitrogen and oxygen atoms in total. The Morgan fingerprint density at radius 2 is 2.19 bits per heavy atom. The van der Waals surface area contributed by atoms with Gasteiger partial charge in [-0.1, -0.05) is 6.92 Å². The maximum atomic E-state index is 11.5. The van der Waals surface area contributed by atoms with E-state index < -0.39 is 6.10 Å². The first-order valence-electron chi connectivity index (χ1n) is 5.97. The summed E-state index contributed by atoms with van der Waals surface area (Å²) in [6.45, 7) is 2.50. The Kier molecular flexibility index (Phi) is 5.18. The van der Waals surface area contributed by atoms with Crippen molar-refractivity contribution in [2.45, 2.75) is 50.8 Å². The van der Waals surface area contributed by atoms with Crippen molar-refractivity contribution in [2.24, 2.45) is 17.4 Å². The quantitative estimate of drug-likeness (QED) is 0.513. The maximum Gasteiger partial charge on any atom is 0.220 e. The van der Waals surface area contributed by atoms with Gasteiger partial charge >= 0.3 is 0 Å². The Balaban J connectivity index is 2.35. The van der Waals surface area contributed by atoms with E-state index >= 15 is 0 Å². The van der Waals surface area contributed by atoms with Crippen LogP contribution >= 0.6 is 0 Å². The number of nitrogens with one attached hydrogen (secondary N) is 1. The van der Waals surface area contributed by atoms with Crippen molar-refractivity contribution in [2.75, 3.05) is 6.54 Å². The lowest BCUT2D eigenvalue weighted by Gasteiger charge is -2.36. The van der Waals surface area contributed by atoms with Crippen LogP contribution in [-0.2, 0) is 4.79 Å². The molecular formula is C11H23N3O2. The highest BCUT2D eigenvalue weighted by Crippen LogP contribution is 2.23. The Bertz CT molecular complexity index is 223. The third-order valence-electron chi connectivity index (χ3n) is 3.21. The van der Waals surface area contributed by atoms with Gasteiger partial charge in [0.25, 0.3) is 0 Å². The van der Waals surface area contributed by atoms with Gasteiger partial charge in [-0.05, 0) is 31.7 Å². The Morgan fingerprint density at radius 3 is 2.75 bits per heavy atom. The fraction of sp³-hybridized carbons (Fsp3) is 0.909. The van der Waals surface area contributed by atoms with Crippen molar-refractivity contribution in [1.29, 1.82) is 0 Å². The Morgan fingerprint density at radius 1 is 1.50 bits per heavy atom. The number of nitrogens with two attached hydrogens (primary N) is 2. The lowest BCUT2D eigenvalue weighted by atomic mass is 9.81. The van der Waals surface area contributed by atoms with Crippen molar-refractivity contribution in [1.82, 2.24) is 5.32 Å². The molecular weight excluding hydrogens is 206 g/mol. The molecule has 0 aromatic heterocycles. The summed E-state index contributed by atoms with van der Waals surface area (Å²) in [5.41, 5.74) is 11.2. The molecule has 1 fully saturated rings. The standard InChI is InChI=1S/C11H23N3O2/c1-7-5-8(6-9(13)11(7)16)14-10(15)3-2-4-12/h7-9,11,16H,2-6,12-13H2,1H3,(H,14,15)/t7?,8?,9?,11-/m0/s1. The van der Waals surface area contributed by atoms with Crippen molar-refractivity contribution in [3.8, 4) is 0 Å². The minimum absolute atomic E-state index is 0.0336. The van der Waals surface area contributed by atoms with E-state index in [9.17, 15) is 9.90 Å². The molecule has 0 saturated heterocycles. The number of rotatable bonds is 4. The first-order chi connectivity index (χ1) is 7.54. The van der Waals surface area contributed by atoms with E-state index in [1.165, 1.54) is 0 Å². The smallest absolute Gasteiger partial charge is 0.220 e. The number of hydrogen-bond acceptors (Lipinski definition) is 4. The summed E-state index contributed by atoms with van der Waals surface area (Å²) >= 11 is 0. The highest BCUT2D eigenvalue weighted by atomic mass is 16.3. The second kappa shape index (κ2) is 6.18. The average Bonchev–Trinajstić information content (AvgIpc) is 2.23. The summed E-state index contributed by atoms with van der Waals surface area (Å²) in [6, 6.07) is -0.137. The molecule has 4 atom stereocenters. The minimum Gasteiger partial charge on any atom is -0.391 e. The summed E-state index contributed by atoms with van der Waals surface area (Å²) in [5, 5.41) is 12.6. The van der Waals surface area contributed by atoms with Gasteiger partial charge in [0.1, 0.15) is 0 Å². The molecule has 0 radical (unpaired) electrons. The highest BCUT2D eigenvalue weighted by Gasteiger charge is 2.32. The van der Waals surface area contributed by atoms with Crippen LogP contribution in [0.1, 0.15) is 32.6 Å². The van der Waals surface area contributed by atoms with Gasteiger partial charge in [0.05, 0.1) is 6.10 Å². The molecule has 1 aliphatic carbocycles. The van der Waals surface area contributed by atoms with E-state index in [2.05, 4.69) is 5.32 Å². The zero-order valence-corrected chi connectivity index (χ0v) is 9.86. The van der Waals surface area contributed by atoms with Gasteiger partial charge in [-0.3, -0.25) is 4.79 Å². The van der Waals surface area contributed by atoms with E-state index in [0.29, 0.717) is 25.8 Å². The molecule has 1 saturated carbocycles. The van der Waals surface area contributed by atoms with Crippen LogP contribution in [0, 0.1) is 5.92 Å². The van der Waals surface area contributed by atoms with E-state index in [-0.39, 0.29) is 23.9 Å². The Hall–Kier alpha value is -0.650. The van der Waals surface area contributed by atoms with Crippen LogP contribution in [0.2, 0.25) is 0 Å². The van der Waals surface area contributed by atoms with Crippen molar-refractivity contribution < 1.29 is 9.90 Å². The maximum absolute atomic E-state index is 11.5. The van der Waals surface area contributed by atoms with E-state index in [1.54, 1.807) is 0 Å². The first kappa shape index (κ1) is 13.4. The number of carbonyl (C=O) groups excluding carboxylic acids is 1. The lowest BCUT2D eigenvalue weighted by molar-refractivity contribution is -0.122. The zero-order chi connectivity index (χ0) is 12.1. The van der Waals surface area contributed by atoms with Gasteiger partial charge in [0.2, 0.25) is 5.91 Å². The van der Waals surface area contributed by atoms with Crippen LogP contribution in [0.4, 0.5) is 0 Å². The minimum atomic E-state index is -0.447. The number of aliphatic hydroxyl groups is 1. The molecule has 1 amide bonds. The van der Waals surface area contributed by atoms with Gasteiger partial charge in [-0.15, -0.1) is 0 Å². The molecule has 0 aromatic rings. The largest absolute Gasteiger partial charge is 0.391 e. The fourth-order valence-electron chi connectivity index (χ4n) is 2.25. The normalized spacial score (nSPS) is 34.8. The molecule has 1 rings (SSSR count). The molecule has 0 aromatic carbocycles. The summed E-state index contributed by atoms with van der Waals surface area (Å²) in [4.78, 5) is 11.5. The summed E-state index contributed by atoms with van der Waals surface area (Å²) in [5.74, 6) is 0.176. The summed E-state index contributed by atoms with van der Waals surface area (Å²) in [7, 11) is 0. The first-order valence-corrected chi connectivity index (χ1v) is 5.97.